The Hall–Kier alpha value is -2.04. The van der Waals surface area contributed by atoms with E-state index in [1.165, 1.54) is 13.1 Å². The predicted octanol–water partition coefficient (Wildman–Crippen LogP) is 1.75. The van der Waals surface area contributed by atoms with Crippen LogP contribution in [-0.2, 0) is 0 Å². The van der Waals surface area contributed by atoms with Crippen LogP contribution in [0.5, 0.6) is 0 Å². The second-order valence-corrected chi connectivity index (χ2v) is 3.51. The van der Waals surface area contributed by atoms with E-state index in [4.69, 9.17) is 5.11 Å². The van der Waals surface area contributed by atoms with Gasteiger partial charge in [0.15, 0.2) is 0 Å². The van der Waals surface area contributed by atoms with E-state index in [-0.39, 0.29) is 5.56 Å². The summed E-state index contributed by atoms with van der Waals surface area (Å²) in [6.07, 6.45) is 0. The number of nitrogens with one attached hydrogen (secondary N) is 2. The number of carboxylic acids is 1. The normalized spacial score (nSPS) is 9.69. The Balaban J connectivity index is 3.24. The zero-order valence-corrected chi connectivity index (χ0v) is 9.42. The molecule has 0 bridgehead atoms. The molecule has 0 aliphatic carbocycles. The highest BCUT2D eigenvalue weighted by molar-refractivity contribution is 6.01. The average molecular weight is 222 g/mol. The molecular formula is C11H14N2O3. The van der Waals surface area contributed by atoms with E-state index in [9.17, 15) is 9.59 Å². The van der Waals surface area contributed by atoms with Gasteiger partial charge in [-0.05, 0) is 31.0 Å². The molecule has 0 aromatic heterocycles. The predicted molar refractivity (Wildman–Crippen MR) is 61.0 cm³/mol. The van der Waals surface area contributed by atoms with Gasteiger partial charge in [-0.1, -0.05) is 6.07 Å². The fourth-order valence-corrected chi connectivity index (χ4v) is 1.48. The third kappa shape index (κ3) is 2.50. The molecule has 86 valence electrons. The molecule has 0 atom stereocenters. The molecule has 0 unspecified atom stereocenters. The number of rotatable bonds is 2. The van der Waals surface area contributed by atoms with Crippen molar-refractivity contribution in [2.75, 3.05) is 12.4 Å². The number of hydrogen-bond donors (Lipinski definition) is 3. The minimum Gasteiger partial charge on any atom is -0.478 e. The van der Waals surface area contributed by atoms with Gasteiger partial charge in [0, 0.05) is 7.05 Å². The molecule has 2 amide bonds. The molecule has 0 aliphatic rings. The van der Waals surface area contributed by atoms with Crippen LogP contribution in [0.2, 0.25) is 0 Å². The van der Waals surface area contributed by atoms with Crippen molar-refractivity contribution >= 4 is 17.7 Å². The second kappa shape index (κ2) is 4.65. The lowest BCUT2D eigenvalue weighted by Gasteiger charge is -2.12. The largest absolute Gasteiger partial charge is 0.478 e. The first-order valence-corrected chi connectivity index (χ1v) is 4.79. The van der Waals surface area contributed by atoms with Crippen molar-refractivity contribution in [3.05, 3.63) is 28.8 Å². The molecule has 1 aromatic rings. The molecule has 0 saturated heterocycles. The van der Waals surface area contributed by atoms with E-state index < -0.39 is 12.0 Å². The zero-order valence-electron chi connectivity index (χ0n) is 9.42. The van der Waals surface area contributed by atoms with Crippen molar-refractivity contribution in [3.63, 3.8) is 0 Å². The maximum absolute atomic E-state index is 11.2. The van der Waals surface area contributed by atoms with Gasteiger partial charge in [0.25, 0.3) is 0 Å². The Morgan fingerprint density at radius 2 is 1.88 bits per heavy atom. The average Bonchev–Trinajstić information content (AvgIpc) is 2.20. The van der Waals surface area contributed by atoms with Crippen molar-refractivity contribution in [2.45, 2.75) is 13.8 Å². The number of urea groups is 1. The van der Waals surface area contributed by atoms with Gasteiger partial charge in [-0.2, -0.15) is 0 Å². The number of anilines is 1. The van der Waals surface area contributed by atoms with Gasteiger partial charge in [-0.15, -0.1) is 0 Å². The maximum atomic E-state index is 11.2. The third-order valence-electron chi connectivity index (χ3n) is 2.18. The summed E-state index contributed by atoms with van der Waals surface area (Å²) in [7, 11) is 1.47. The SMILES string of the molecule is CNC(=O)Nc1c(C)cc(C)cc1C(=O)O. The lowest BCUT2D eigenvalue weighted by Crippen LogP contribution is -2.26. The number of hydrogen-bond acceptors (Lipinski definition) is 2. The summed E-state index contributed by atoms with van der Waals surface area (Å²) in [4.78, 5) is 22.2. The van der Waals surface area contributed by atoms with Crippen LogP contribution in [0.1, 0.15) is 21.5 Å². The van der Waals surface area contributed by atoms with Gasteiger partial charge in [0.05, 0.1) is 11.3 Å². The number of carbonyl (C=O) groups is 2. The molecule has 1 aromatic carbocycles. The minimum atomic E-state index is -1.06. The smallest absolute Gasteiger partial charge is 0.337 e. The molecule has 0 radical (unpaired) electrons. The van der Waals surface area contributed by atoms with Crippen LogP contribution in [0.4, 0.5) is 10.5 Å². The Morgan fingerprint density at radius 3 is 2.38 bits per heavy atom. The fraction of sp³-hybridized carbons (Fsp3) is 0.273. The van der Waals surface area contributed by atoms with Gasteiger partial charge >= 0.3 is 12.0 Å². The van der Waals surface area contributed by atoms with Crippen LogP contribution in [0.25, 0.3) is 0 Å². The zero-order chi connectivity index (χ0) is 12.3. The molecular weight excluding hydrogens is 208 g/mol. The lowest BCUT2D eigenvalue weighted by atomic mass is 10.0. The Morgan fingerprint density at radius 1 is 1.25 bits per heavy atom. The quantitative estimate of drug-likeness (QED) is 0.713. The Bertz CT molecular complexity index is 441. The molecule has 0 saturated carbocycles. The summed E-state index contributed by atoms with van der Waals surface area (Å²) in [6.45, 7) is 3.56. The van der Waals surface area contributed by atoms with Crippen LogP contribution in [0.3, 0.4) is 0 Å². The monoisotopic (exact) mass is 222 g/mol. The van der Waals surface area contributed by atoms with E-state index in [1.807, 2.05) is 13.0 Å². The summed E-state index contributed by atoms with van der Waals surface area (Å²) in [5.74, 6) is -1.06. The van der Waals surface area contributed by atoms with Gasteiger partial charge in [0.2, 0.25) is 0 Å². The van der Waals surface area contributed by atoms with Crippen LogP contribution >= 0.6 is 0 Å². The first kappa shape index (κ1) is 12.0. The van der Waals surface area contributed by atoms with E-state index in [2.05, 4.69) is 10.6 Å². The molecule has 0 heterocycles. The van der Waals surface area contributed by atoms with Gasteiger partial charge in [0.1, 0.15) is 0 Å². The molecule has 0 fully saturated rings. The van der Waals surface area contributed by atoms with Gasteiger partial charge in [-0.25, -0.2) is 9.59 Å². The number of aryl methyl sites for hydroxylation is 2. The lowest BCUT2D eigenvalue weighted by molar-refractivity contribution is 0.0698. The summed E-state index contributed by atoms with van der Waals surface area (Å²) in [5.41, 5.74) is 2.00. The molecule has 0 aliphatic heterocycles. The van der Waals surface area contributed by atoms with Crippen LogP contribution in [0.15, 0.2) is 12.1 Å². The van der Waals surface area contributed by atoms with Crippen molar-refractivity contribution in [1.82, 2.24) is 5.32 Å². The summed E-state index contributed by atoms with van der Waals surface area (Å²) < 4.78 is 0. The molecule has 3 N–H and O–H groups in total. The molecule has 5 nitrogen and oxygen atoms in total. The van der Waals surface area contributed by atoms with Crippen molar-refractivity contribution in [3.8, 4) is 0 Å². The number of carbonyl (C=O) groups excluding carboxylic acids is 1. The number of aromatic carboxylic acids is 1. The molecule has 5 heteroatoms. The molecule has 0 spiro atoms. The van der Waals surface area contributed by atoms with E-state index >= 15 is 0 Å². The standard InChI is InChI=1S/C11H14N2O3/c1-6-4-7(2)9(13-11(16)12-3)8(5-6)10(14)15/h4-5H,1-3H3,(H,14,15)(H2,12,13,16). The second-order valence-electron chi connectivity index (χ2n) is 3.51. The van der Waals surface area contributed by atoms with Gasteiger partial charge < -0.3 is 15.7 Å². The minimum absolute atomic E-state index is 0.0982. The van der Waals surface area contributed by atoms with Gasteiger partial charge in [-0.3, -0.25) is 0 Å². The summed E-state index contributed by atoms with van der Waals surface area (Å²) in [5, 5.41) is 13.9. The van der Waals surface area contributed by atoms with Crippen LogP contribution in [0, 0.1) is 13.8 Å². The number of carboxylic acid groups (broad SMARTS) is 1. The van der Waals surface area contributed by atoms with Crippen molar-refractivity contribution < 1.29 is 14.7 Å². The topological polar surface area (TPSA) is 78.4 Å². The third-order valence-corrected chi connectivity index (χ3v) is 2.18. The molecule has 1 rings (SSSR count). The first-order chi connectivity index (χ1) is 7.45. The summed E-state index contributed by atoms with van der Waals surface area (Å²) in [6, 6.07) is 2.91. The fourth-order valence-electron chi connectivity index (χ4n) is 1.48. The van der Waals surface area contributed by atoms with E-state index in [0.717, 1.165) is 11.1 Å². The van der Waals surface area contributed by atoms with Crippen molar-refractivity contribution in [2.24, 2.45) is 0 Å². The van der Waals surface area contributed by atoms with E-state index in [0.29, 0.717) is 5.69 Å². The molecule has 16 heavy (non-hydrogen) atoms. The Labute approximate surface area is 93.5 Å². The number of benzene rings is 1. The highest BCUT2D eigenvalue weighted by Gasteiger charge is 2.14. The number of amides is 2. The van der Waals surface area contributed by atoms with Crippen LogP contribution < -0.4 is 10.6 Å². The highest BCUT2D eigenvalue weighted by Crippen LogP contribution is 2.22. The maximum Gasteiger partial charge on any atom is 0.337 e. The Kier molecular flexibility index (Phi) is 3.50. The first-order valence-electron chi connectivity index (χ1n) is 4.79. The van der Waals surface area contributed by atoms with E-state index in [1.54, 1.807) is 6.92 Å². The highest BCUT2D eigenvalue weighted by atomic mass is 16.4. The van der Waals surface area contributed by atoms with Crippen LogP contribution in [-0.4, -0.2) is 24.2 Å². The van der Waals surface area contributed by atoms with Crippen molar-refractivity contribution in [1.29, 1.82) is 0 Å². The summed E-state index contributed by atoms with van der Waals surface area (Å²) >= 11 is 0.